The number of carbonyl (C=O) groups is 1. The van der Waals surface area contributed by atoms with E-state index >= 15 is 0 Å². The van der Waals surface area contributed by atoms with Gasteiger partial charge >= 0.3 is 5.97 Å². The van der Waals surface area contributed by atoms with E-state index in [-0.39, 0.29) is 5.57 Å². The summed E-state index contributed by atoms with van der Waals surface area (Å²) in [7, 11) is 1.22. The van der Waals surface area contributed by atoms with Crippen molar-refractivity contribution in [2.75, 3.05) is 7.11 Å². The molecule has 0 aliphatic rings. The van der Waals surface area contributed by atoms with Crippen LogP contribution < -0.4 is 0 Å². The largest absolute Gasteiger partial charge is 0.466 e. The number of halogens is 1. The molecule has 15 heavy (non-hydrogen) atoms. The molecule has 0 aromatic carbocycles. The molecule has 0 amide bonds. The lowest BCUT2D eigenvalue weighted by atomic mass is 10.1. The van der Waals surface area contributed by atoms with Crippen LogP contribution in [0.1, 0.15) is 11.7 Å². The SMILES string of the molecule is C=C(C(=O)OC)C(O)c1ccc(Cl)nc1. The number of hydrogen-bond acceptors (Lipinski definition) is 4. The van der Waals surface area contributed by atoms with E-state index in [1.54, 1.807) is 6.07 Å². The summed E-state index contributed by atoms with van der Waals surface area (Å²) in [5.41, 5.74) is 0.399. The minimum absolute atomic E-state index is 0.0402. The van der Waals surface area contributed by atoms with Crippen LogP contribution >= 0.6 is 11.6 Å². The van der Waals surface area contributed by atoms with Crippen molar-refractivity contribution in [2.45, 2.75) is 6.10 Å². The number of carbonyl (C=O) groups excluding carboxylic acids is 1. The smallest absolute Gasteiger partial charge is 0.336 e. The average molecular weight is 228 g/mol. The third-order valence-electron chi connectivity index (χ3n) is 1.84. The van der Waals surface area contributed by atoms with Crippen LogP contribution in [0.5, 0.6) is 0 Å². The first kappa shape index (κ1) is 11.7. The van der Waals surface area contributed by atoms with Gasteiger partial charge in [-0.05, 0) is 6.07 Å². The van der Waals surface area contributed by atoms with Gasteiger partial charge < -0.3 is 9.84 Å². The number of rotatable bonds is 3. The normalized spacial score (nSPS) is 11.9. The van der Waals surface area contributed by atoms with Crippen molar-refractivity contribution in [1.29, 1.82) is 0 Å². The number of pyridine rings is 1. The second-order valence-electron chi connectivity index (χ2n) is 2.83. The lowest BCUT2D eigenvalue weighted by Crippen LogP contribution is -2.12. The van der Waals surface area contributed by atoms with Crippen LogP contribution in [-0.4, -0.2) is 23.2 Å². The Morgan fingerprint density at radius 3 is 2.80 bits per heavy atom. The fraction of sp³-hybridized carbons (Fsp3) is 0.200. The first-order valence-corrected chi connectivity index (χ1v) is 4.50. The van der Waals surface area contributed by atoms with Gasteiger partial charge in [0.25, 0.3) is 0 Å². The lowest BCUT2D eigenvalue weighted by Gasteiger charge is -2.11. The van der Waals surface area contributed by atoms with Crippen molar-refractivity contribution >= 4 is 17.6 Å². The Labute approximate surface area is 92.2 Å². The predicted molar refractivity (Wildman–Crippen MR) is 55.4 cm³/mol. The Kier molecular flexibility index (Phi) is 3.82. The third kappa shape index (κ3) is 2.78. The molecular weight excluding hydrogens is 218 g/mol. The molecule has 1 unspecified atom stereocenters. The standard InChI is InChI=1S/C10H10ClNO3/c1-6(10(14)15-2)9(13)7-3-4-8(11)12-5-7/h3-5,9,13H,1H2,2H3. The molecular formula is C10H10ClNO3. The second-order valence-corrected chi connectivity index (χ2v) is 3.22. The minimum Gasteiger partial charge on any atom is -0.466 e. The van der Waals surface area contributed by atoms with Gasteiger partial charge in [0.15, 0.2) is 0 Å². The molecule has 1 atom stereocenters. The molecule has 4 nitrogen and oxygen atoms in total. The summed E-state index contributed by atoms with van der Waals surface area (Å²) in [6.07, 6.45) is 0.253. The zero-order valence-electron chi connectivity index (χ0n) is 8.11. The van der Waals surface area contributed by atoms with E-state index in [1.165, 1.54) is 19.4 Å². The molecule has 0 saturated heterocycles. The molecule has 1 rings (SSSR count). The molecule has 1 aromatic rings. The van der Waals surface area contributed by atoms with Gasteiger partial charge in [-0.15, -0.1) is 0 Å². The molecule has 0 radical (unpaired) electrons. The zero-order chi connectivity index (χ0) is 11.4. The van der Waals surface area contributed by atoms with Crippen LogP contribution in [0.25, 0.3) is 0 Å². The Morgan fingerprint density at radius 1 is 1.67 bits per heavy atom. The number of esters is 1. The summed E-state index contributed by atoms with van der Waals surface area (Å²) in [4.78, 5) is 14.8. The topological polar surface area (TPSA) is 59.4 Å². The maximum atomic E-state index is 11.1. The summed E-state index contributed by atoms with van der Waals surface area (Å²) in [6, 6.07) is 3.08. The third-order valence-corrected chi connectivity index (χ3v) is 2.07. The van der Waals surface area contributed by atoms with Gasteiger partial charge in [0.1, 0.15) is 11.3 Å². The van der Waals surface area contributed by atoms with Gasteiger partial charge in [0.05, 0.1) is 12.7 Å². The molecule has 5 heteroatoms. The molecule has 0 aliphatic carbocycles. The summed E-state index contributed by atoms with van der Waals surface area (Å²) >= 11 is 5.58. The van der Waals surface area contributed by atoms with Crippen molar-refractivity contribution in [1.82, 2.24) is 4.98 Å². The van der Waals surface area contributed by atoms with Gasteiger partial charge in [0.2, 0.25) is 0 Å². The average Bonchev–Trinajstić information content (AvgIpc) is 2.27. The quantitative estimate of drug-likeness (QED) is 0.483. The van der Waals surface area contributed by atoms with Crippen molar-refractivity contribution in [3.8, 4) is 0 Å². The van der Waals surface area contributed by atoms with Crippen LogP contribution in [0.3, 0.4) is 0 Å². The number of aliphatic hydroxyl groups is 1. The summed E-state index contributed by atoms with van der Waals surface area (Å²) in [5.74, 6) is -0.655. The highest BCUT2D eigenvalue weighted by Gasteiger charge is 2.18. The first-order chi connectivity index (χ1) is 7.06. The van der Waals surface area contributed by atoms with Crippen LogP contribution in [0.15, 0.2) is 30.5 Å². The molecule has 1 N–H and O–H groups in total. The van der Waals surface area contributed by atoms with Crippen molar-refractivity contribution in [2.24, 2.45) is 0 Å². The molecule has 0 saturated carbocycles. The molecule has 1 heterocycles. The Hall–Kier alpha value is -1.39. The van der Waals surface area contributed by atoms with E-state index in [0.717, 1.165) is 0 Å². The molecule has 0 fully saturated rings. The number of methoxy groups -OCH3 is 1. The fourth-order valence-electron chi connectivity index (χ4n) is 0.993. The van der Waals surface area contributed by atoms with Gasteiger partial charge in [-0.2, -0.15) is 0 Å². The maximum absolute atomic E-state index is 11.1. The fourth-order valence-corrected chi connectivity index (χ4v) is 1.10. The van der Waals surface area contributed by atoms with E-state index in [4.69, 9.17) is 11.6 Å². The maximum Gasteiger partial charge on any atom is 0.336 e. The molecule has 1 aromatic heterocycles. The number of hydrogen-bond donors (Lipinski definition) is 1. The molecule has 0 spiro atoms. The monoisotopic (exact) mass is 227 g/mol. The highest BCUT2D eigenvalue weighted by molar-refractivity contribution is 6.29. The van der Waals surface area contributed by atoms with Crippen molar-refractivity contribution < 1.29 is 14.6 Å². The van der Waals surface area contributed by atoms with Crippen LogP contribution in [-0.2, 0) is 9.53 Å². The summed E-state index contributed by atoms with van der Waals surface area (Å²) < 4.78 is 4.43. The predicted octanol–water partition coefficient (Wildman–Crippen LogP) is 1.50. The lowest BCUT2D eigenvalue weighted by molar-refractivity contribution is -0.137. The highest BCUT2D eigenvalue weighted by atomic mass is 35.5. The zero-order valence-corrected chi connectivity index (χ0v) is 8.86. The van der Waals surface area contributed by atoms with E-state index in [1.807, 2.05) is 0 Å². The van der Waals surface area contributed by atoms with Crippen LogP contribution in [0, 0.1) is 0 Å². The van der Waals surface area contributed by atoms with Crippen LogP contribution in [0.2, 0.25) is 5.15 Å². The highest BCUT2D eigenvalue weighted by Crippen LogP contribution is 2.21. The van der Waals surface area contributed by atoms with Crippen molar-refractivity contribution in [3.05, 3.63) is 41.2 Å². The number of aliphatic hydroxyl groups excluding tert-OH is 1. The number of aromatic nitrogens is 1. The first-order valence-electron chi connectivity index (χ1n) is 4.13. The summed E-state index contributed by atoms with van der Waals surface area (Å²) in [6.45, 7) is 3.44. The van der Waals surface area contributed by atoms with E-state index in [9.17, 15) is 9.90 Å². The second kappa shape index (κ2) is 4.91. The summed E-state index contributed by atoms with van der Waals surface area (Å²) in [5, 5.41) is 10.0. The number of nitrogens with zero attached hydrogens (tertiary/aromatic N) is 1. The Balaban J connectivity index is 2.85. The van der Waals surface area contributed by atoms with E-state index in [2.05, 4.69) is 16.3 Å². The molecule has 80 valence electrons. The van der Waals surface area contributed by atoms with Crippen molar-refractivity contribution in [3.63, 3.8) is 0 Å². The van der Waals surface area contributed by atoms with Crippen LogP contribution in [0.4, 0.5) is 0 Å². The number of ether oxygens (including phenoxy) is 1. The van der Waals surface area contributed by atoms with Gasteiger partial charge in [-0.25, -0.2) is 9.78 Å². The Bertz CT molecular complexity index is 375. The molecule has 0 bridgehead atoms. The van der Waals surface area contributed by atoms with E-state index in [0.29, 0.717) is 10.7 Å². The van der Waals surface area contributed by atoms with Gasteiger partial charge in [-0.1, -0.05) is 24.2 Å². The van der Waals surface area contributed by atoms with Gasteiger partial charge in [0, 0.05) is 11.8 Å². The van der Waals surface area contributed by atoms with Gasteiger partial charge in [-0.3, -0.25) is 0 Å². The molecule has 0 aliphatic heterocycles. The minimum atomic E-state index is -1.12. The Morgan fingerprint density at radius 2 is 2.33 bits per heavy atom. The van der Waals surface area contributed by atoms with E-state index < -0.39 is 12.1 Å².